The largest absolute Gasteiger partial charge is 0.342 e. The summed E-state index contributed by atoms with van der Waals surface area (Å²) in [4.78, 5) is 6.72. The Bertz CT molecular complexity index is 217. The van der Waals surface area contributed by atoms with Crippen LogP contribution in [0.2, 0.25) is 0 Å². The third kappa shape index (κ3) is 4.00. The van der Waals surface area contributed by atoms with Crippen molar-refractivity contribution < 1.29 is 0 Å². The Morgan fingerprint density at radius 3 is 2.25 bits per heavy atom. The highest BCUT2D eigenvalue weighted by Crippen LogP contribution is 2.21. The first kappa shape index (κ1) is 13.3. The molecule has 3 N–H and O–H groups in total. The van der Waals surface area contributed by atoms with E-state index in [1.54, 1.807) is 0 Å². The van der Waals surface area contributed by atoms with Gasteiger partial charge in [0.15, 0.2) is 0 Å². The number of nitrogens with zero attached hydrogens (tertiary/aromatic N) is 2. The number of guanidine groups is 1. The molecule has 1 aliphatic rings. The van der Waals surface area contributed by atoms with Crippen LogP contribution in [0.25, 0.3) is 0 Å². The first-order chi connectivity index (χ1) is 7.65. The molecule has 0 amide bonds. The van der Waals surface area contributed by atoms with Gasteiger partial charge in [0.05, 0.1) is 0 Å². The molecular weight excluding hydrogens is 200 g/mol. The third-order valence-electron chi connectivity index (χ3n) is 3.22. The van der Waals surface area contributed by atoms with Gasteiger partial charge in [-0.1, -0.05) is 25.7 Å². The summed E-state index contributed by atoms with van der Waals surface area (Å²) in [7, 11) is 2.09. The van der Waals surface area contributed by atoms with E-state index in [2.05, 4.69) is 36.2 Å². The number of hydrazine groups is 1. The van der Waals surface area contributed by atoms with Crippen LogP contribution in [0.15, 0.2) is 4.99 Å². The van der Waals surface area contributed by atoms with E-state index in [9.17, 15) is 0 Å². The molecule has 0 saturated heterocycles. The van der Waals surface area contributed by atoms with Gasteiger partial charge < -0.3 is 4.90 Å². The fourth-order valence-electron chi connectivity index (χ4n) is 2.29. The molecule has 0 heterocycles. The minimum Gasteiger partial charge on any atom is -0.342 e. The second-order valence-corrected chi connectivity index (χ2v) is 4.95. The van der Waals surface area contributed by atoms with Gasteiger partial charge in [-0.3, -0.25) is 5.43 Å². The minimum absolute atomic E-state index is 0.277. The van der Waals surface area contributed by atoms with Crippen LogP contribution in [0, 0.1) is 0 Å². The molecule has 16 heavy (non-hydrogen) atoms. The highest BCUT2D eigenvalue weighted by atomic mass is 15.4. The van der Waals surface area contributed by atoms with Gasteiger partial charge in [0.1, 0.15) is 0 Å². The van der Waals surface area contributed by atoms with Crippen LogP contribution in [0.1, 0.15) is 52.4 Å². The Kier molecular flexibility index (Phi) is 5.60. The van der Waals surface area contributed by atoms with Crippen molar-refractivity contribution >= 4 is 5.96 Å². The lowest BCUT2D eigenvalue weighted by Crippen LogP contribution is -2.47. The zero-order valence-electron chi connectivity index (χ0n) is 10.9. The van der Waals surface area contributed by atoms with Crippen molar-refractivity contribution in [3.05, 3.63) is 0 Å². The van der Waals surface area contributed by atoms with Crippen molar-refractivity contribution in [3.8, 4) is 0 Å². The Labute approximate surface area is 99.3 Å². The van der Waals surface area contributed by atoms with Gasteiger partial charge in [-0.2, -0.15) is 0 Å². The molecular formula is C12H26N4. The standard InChI is InChI=1S/C12H26N4/c1-10(2)14-12(15-13)16(3)11-8-6-4-5-7-9-11/h10-11H,4-9,13H2,1-3H3,(H,14,15). The molecule has 1 saturated carbocycles. The normalized spacial score (nSPS) is 19.7. The highest BCUT2D eigenvalue weighted by molar-refractivity contribution is 5.79. The monoisotopic (exact) mass is 226 g/mol. The molecule has 0 bridgehead atoms. The predicted octanol–water partition coefficient (Wildman–Crippen LogP) is 1.87. The van der Waals surface area contributed by atoms with E-state index in [1.807, 2.05) is 0 Å². The summed E-state index contributed by atoms with van der Waals surface area (Å²) in [5.74, 6) is 6.37. The van der Waals surface area contributed by atoms with E-state index in [0.717, 1.165) is 5.96 Å². The molecule has 0 atom stereocenters. The van der Waals surface area contributed by atoms with Crippen molar-refractivity contribution in [2.45, 2.75) is 64.5 Å². The Morgan fingerprint density at radius 1 is 1.25 bits per heavy atom. The van der Waals surface area contributed by atoms with Crippen LogP contribution >= 0.6 is 0 Å². The average Bonchev–Trinajstić information content (AvgIpc) is 2.53. The van der Waals surface area contributed by atoms with Crippen molar-refractivity contribution in [2.24, 2.45) is 10.8 Å². The van der Waals surface area contributed by atoms with Gasteiger partial charge in [-0.05, 0) is 26.7 Å². The summed E-state index contributed by atoms with van der Waals surface area (Å²) in [6.45, 7) is 4.14. The number of hydrogen-bond donors (Lipinski definition) is 2. The molecule has 1 fully saturated rings. The molecule has 0 radical (unpaired) electrons. The summed E-state index contributed by atoms with van der Waals surface area (Å²) in [6.07, 6.45) is 7.92. The van der Waals surface area contributed by atoms with E-state index >= 15 is 0 Å². The topological polar surface area (TPSA) is 53.6 Å². The molecule has 0 aromatic heterocycles. The predicted molar refractivity (Wildman–Crippen MR) is 69.1 cm³/mol. The van der Waals surface area contributed by atoms with Gasteiger partial charge in [0.2, 0.25) is 5.96 Å². The fourth-order valence-corrected chi connectivity index (χ4v) is 2.29. The molecule has 0 spiro atoms. The van der Waals surface area contributed by atoms with Gasteiger partial charge in [0.25, 0.3) is 0 Å². The highest BCUT2D eigenvalue weighted by Gasteiger charge is 2.19. The van der Waals surface area contributed by atoms with Gasteiger partial charge in [0, 0.05) is 19.1 Å². The Morgan fingerprint density at radius 2 is 1.81 bits per heavy atom. The Hall–Kier alpha value is -0.770. The van der Waals surface area contributed by atoms with Crippen LogP contribution < -0.4 is 11.3 Å². The van der Waals surface area contributed by atoms with Gasteiger partial charge >= 0.3 is 0 Å². The number of rotatable bonds is 2. The third-order valence-corrected chi connectivity index (χ3v) is 3.22. The number of aliphatic imine (C=N–C) groups is 1. The molecule has 0 aromatic rings. The second-order valence-electron chi connectivity index (χ2n) is 4.95. The molecule has 0 unspecified atom stereocenters. The first-order valence-corrected chi connectivity index (χ1v) is 6.42. The number of hydrogen-bond acceptors (Lipinski definition) is 2. The smallest absolute Gasteiger partial charge is 0.208 e. The van der Waals surface area contributed by atoms with E-state index < -0.39 is 0 Å². The van der Waals surface area contributed by atoms with E-state index in [-0.39, 0.29) is 6.04 Å². The maximum Gasteiger partial charge on any atom is 0.208 e. The van der Waals surface area contributed by atoms with Crippen molar-refractivity contribution in [1.82, 2.24) is 10.3 Å². The lowest BCUT2D eigenvalue weighted by atomic mass is 10.1. The molecule has 0 aliphatic heterocycles. The summed E-state index contributed by atoms with van der Waals surface area (Å²) in [6, 6.07) is 0.871. The summed E-state index contributed by atoms with van der Waals surface area (Å²) in [5, 5.41) is 0. The fraction of sp³-hybridized carbons (Fsp3) is 0.917. The van der Waals surface area contributed by atoms with Crippen LogP contribution in [0.4, 0.5) is 0 Å². The van der Waals surface area contributed by atoms with Crippen LogP contribution in [-0.2, 0) is 0 Å². The number of nitrogens with one attached hydrogen (secondary N) is 1. The van der Waals surface area contributed by atoms with E-state index in [1.165, 1.54) is 38.5 Å². The van der Waals surface area contributed by atoms with E-state index in [0.29, 0.717) is 6.04 Å². The maximum absolute atomic E-state index is 5.55. The maximum atomic E-state index is 5.55. The van der Waals surface area contributed by atoms with Crippen molar-refractivity contribution in [1.29, 1.82) is 0 Å². The molecule has 1 rings (SSSR count). The zero-order valence-corrected chi connectivity index (χ0v) is 10.9. The quantitative estimate of drug-likeness (QED) is 0.248. The molecule has 4 heteroatoms. The molecule has 0 aromatic carbocycles. The van der Waals surface area contributed by atoms with E-state index in [4.69, 9.17) is 5.84 Å². The zero-order chi connectivity index (χ0) is 12.0. The second kappa shape index (κ2) is 6.74. The van der Waals surface area contributed by atoms with Crippen molar-refractivity contribution in [2.75, 3.05) is 7.05 Å². The lowest BCUT2D eigenvalue weighted by Gasteiger charge is -2.30. The van der Waals surface area contributed by atoms with Crippen LogP contribution in [0.3, 0.4) is 0 Å². The first-order valence-electron chi connectivity index (χ1n) is 6.42. The minimum atomic E-state index is 0.277. The lowest BCUT2D eigenvalue weighted by molar-refractivity contribution is 0.319. The van der Waals surface area contributed by atoms with Gasteiger partial charge in [-0.25, -0.2) is 10.8 Å². The SMILES string of the molecule is CC(C)N=C(NN)N(C)C1CCCCCC1. The molecule has 1 aliphatic carbocycles. The summed E-state index contributed by atoms with van der Waals surface area (Å²) in [5.41, 5.74) is 2.73. The molecule has 94 valence electrons. The summed E-state index contributed by atoms with van der Waals surface area (Å²) >= 11 is 0. The van der Waals surface area contributed by atoms with Crippen molar-refractivity contribution in [3.63, 3.8) is 0 Å². The van der Waals surface area contributed by atoms with Crippen LogP contribution in [0.5, 0.6) is 0 Å². The summed E-state index contributed by atoms with van der Waals surface area (Å²) < 4.78 is 0. The number of nitrogens with two attached hydrogens (primary N) is 1. The Balaban J connectivity index is 2.61. The molecule has 4 nitrogen and oxygen atoms in total. The van der Waals surface area contributed by atoms with Gasteiger partial charge in [-0.15, -0.1) is 0 Å². The average molecular weight is 226 g/mol. The van der Waals surface area contributed by atoms with Crippen LogP contribution in [-0.4, -0.2) is 30.0 Å².